The number of aromatic hydroxyl groups is 1. The van der Waals surface area contributed by atoms with E-state index in [1.54, 1.807) is 6.07 Å². The van der Waals surface area contributed by atoms with E-state index in [-0.39, 0.29) is 5.88 Å². The van der Waals surface area contributed by atoms with Gasteiger partial charge in [-0.2, -0.15) is 0 Å². The summed E-state index contributed by atoms with van der Waals surface area (Å²) in [6.07, 6.45) is 2.31. The molecule has 4 nitrogen and oxygen atoms in total. The Morgan fingerprint density at radius 2 is 2.40 bits per heavy atom. The Morgan fingerprint density at radius 3 is 3.00 bits per heavy atom. The van der Waals surface area contributed by atoms with Crippen molar-refractivity contribution in [1.82, 2.24) is 10.1 Å². The second-order valence-corrected chi connectivity index (χ2v) is 4.52. The van der Waals surface area contributed by atoms with Gasteiger partial charge >= 0.3 is 0 Å². The summed E-state index contributed by atoms with van der Waals surface area (Å²) in [7, 11) is 0. The minimum absolute atomic E-state index is 0.00771. The summed E-state index contributed by atoms with van der Waals surface area (Å²) in [6.45, 7) is 6.58. The smallest absolute Gasteiger partial charge is 0.251 e. The molecule has 84 valence electrons. The number of rotatable bonds is 2. The first-order chi connectivity index (χ1) is 7.16. The van der Waals surface area contributed by atoms with Crippen LogP contribution in [0.4, 0.5) is 0 Å². The molecule has 0 aromatic carbocycles. The van der Waals surface area contributed by atoms with Gasteiger partial charge in [-0.15, -0.1) is 0 Å². The molecule has 4 heteroatoms. The van der Waals surface area contributed by atoms with E-state index in [9.17, 15) is 0 Å². The highest BCUT2D eigenvalue weighted by atomic mass is 16.5. The van der Waals surface area contributed by atoms with Crippen LogP contribution in [-0.4, -0.2) is 34.3 Å². The molecule has 0 unspecified atom stereocenters. The molecule has 0 saturated carbocycles. The van der Waals surface area contributed by atoms with E-state index in [0.29, 0.717) is 12.0 Å². The zero-order valence-corrected chi connectivity index (χ0v) is 9.31. The molecule has 0 bridgehead atoms. The maximum Gasteiger partial charge on any atom is 0.251 e. The van der Waals surface area contributed by atoms with Gasteiger partial charge in [-0.3, -0.25) is 0 Å². The summed E-state index contributed by atoms with van der Waals surface area (Å²) >= 11 is 0. The minimum Gasteiger partial charge on any atom is -0.491 e. The largest absolute Gasteiger partial charge is 0.491 e. The molecule has 0 amide bonds. The van der Waals surface area contributed by atoms with Crippen molar-refractivity contribution < 1.29 is 9.63 Å². The summed E-state index contributed by atoms with van der Waals surface area (Å²) in [6, 6.07) is 2.21. The number of nitrogens with zero attached hydrogens (tertiary/aromatic N) is 2. The SMILES string of the molecule is CC(C)N1CCC[C@@H](c2cc(O)no2)C1. The van der Waals surface area contributed by atoms with Gasteiger partial charge in [0.05, 0.1) is 0 Å². The fraction of sp³-hybridized carbons (Fsp3) is 0.727. The third-order valence-electron chi connectivity index (χ3n) is 3.10. The van der Waals surface area contributed by atoms with Gasteiger partial charge in [-0.1, -0.05) is 0 Å². The topological polar surface area (TPSA) is 49.5 Å². The summed E-state index contributed by atoms with van der Waals surface area (Å²) in [4.78, 5) is 2.44. The van der Waals surface area contributed by atoms with Gasteiger partial charge in [-0.25, -0.2) is 0 Å². The lowest BCUT2D eigenvalue weighted by Gasteiger charge is -2.34. The van der Waals surface area contributed by atoms with Crippen molar-refractivity contribution in [3.63, 3.8) is 0 Å². The Bertz CT molecular complexity index is 322. The molecule has 1 aromatic rings. The molecule has 1 aliphatic heterocycles. The highest BCUT2D eigenvalue weighted by Crippen LogP contribution is 2.29. The van der Waals surface area contributed by atoms with Crippen molar-refractivity contribution in [1.29, 1.82) is 0 Å². The van der Waals surface area contributed by atoms with Gasteiger partial charge in [0.25, 0.3) is 5.88 Å². The predicted molar refractivity (Wildman–Crippen MR) is 56.9 cm³/mol. The maximum absolute atomic E-state index is 9.14. The molecule has 0 spiro atoms. The summed E-state index contributed by atoms with van der Waals surface area (Å²) in [5.74, 6) is 1.19. The molecular weight excluding hydrogens is 192 g/mol. The zero-order chi connectivity index (χ0) is 10.8. The van der Waals surface area contributed by atoms with E-state index in [4.69, 9.17) is 9.63 Å². The van der Waals surface area contributed by atoms with Gasteiger partial charge in [-0.05, 0) is 38.4 Å². The molecule has 0 aliphatic carbocycles. The average Bonchev–Trinajstić information content (AvgIpc) is 2.65. The van der Waals surface area contributed by atoms with E-state index in [2.05, 4.69) is 23.9 Å². The molecule has 1 aromatic heterocycles. The van der Waals surface area contributed by atoms with Crippen LogP contribution >= 0.6 is 0 Å². The molecule has 2 heterocycles. The normalized spacial score (nSPS) is 23.5. The first-order valence-corrected chi connectivity index (χ1v) is 5.56. The van der Waals surface area contributed by atoms with Crippen molar-refractivity contribution in [2.24, 2.45) is 0 Å². The highest BCUT2D eigenvalue weighted by Gasteiger charge is 2.25. The molecule has 15 heavy (non-hydrogen) atoms. The lowest BCUT2D eigenvalue weighted by atomic mass is 9.95. The van der Waals surface area contributed by atoms with Gasteiger partial charge in [0.1, 0.15) is 5.76 Å². The fourth-order valence-electron chi connectivity index (χ4n) is 2.18. The molecule has 0 radical (unpaired) electrons. The van der Waals surface area contributed by atoms with Gasteiger partial charge < -0.3 is 14.5 Å². The molecule has 1 N–H and O–H groups in total. The number of hydrogen-bond acceptors (Lipinski definition) is 4. The third kappa shape index (κ3) is 2.31. The maximum atomic E-state index is 9.14. The fourth-order valence-corrected chi connectivity index (χ4v) is 2.18. The van der Waals surface area contributed by atoms with Crippen LogP contribution < -0.4 is 0 Å². The second-order valence-electron chi connectivity index (χ2n) is 4.52. The molecule has 1 fully saturated rings. The molecule has 1 atom stereocenters. The van der Waals surface area contributed by atoms with Gasteiger partial charge in [0.2, 0.25) is 0 Å². The van der Waals surface area contributed by atoms with E-state index in [0.717, 1.165) is 25.3 Å². The first kappa shape index (κ1) is 10.5. The Hall–Kier alpha value is -1.03. The quantitative estimate of drug-likeness (QED) is 0.810. The monoisotopic (exact) mass is 210 g/mol. The first-order valence-electron chi connectivity index (χ1n) is 5.56. The standard InChI is InChI=1S/C11H18N2O2/c1-8(2)13-5-3-4-9(7-13)10-6-11(14)12-15-10/h6,8-9H,3-5,7H2,1-2H3,(H,12,14)/t9-/m1/s1. The summed E-state index contributed by atoms with van der Waals surface area (Å²) in [5, 5.41) is 12.7. The van der Waals surface area contributed by atoms with Crippen LogP contribution in [0.5, 0.6) is 5.88 Å². The average molecular weight is 210 g/mol. The van der Waals surface area contributed by atoms with Crippen LogP contribution in [0.2, 0.25) is 0 Å². The summed E-state index contributed by atoms with van der Waals surface area (Å²) in [5.41, 5.74) is 0. The second kappa shape index (κ2) is 4.23. The zero-order valence-electron chi connectivity index (χ0n) is 9.31. The van der Waals surface area contributed by atoms with Gasteiger partial charge in [0.15, 0.2) is 0 Å². The van der Waals surface area contributed by atoms with Crippen LogP contribution in [0.3, 0.4) is 0 Å². The van der Waals surface area contributed by atoms with Crippen LogP contribution in [0.1, 0.15) is 38.4 Å². The van der Waals surface area contributed by atoms with E-state index in [1.165, 1.54) is 6.42 Å². The lowest BCUT2D eigenvalue weighted by molar-refractivity contribution is 0.155. The van der Waals surface area contributed by atoms with Crippen LogP contribution in [-0.2, 0) is 0 Å². The van der Waals surface area contributed by atoms with Crippen molar-refractivity contribution in [2.45, 2.75) is 38.6 Å². The Morgan fingerprint density at radius 1 is 1.60 bits per heavy atom. The minimum atomic E-state index is -0.00771. The van der Waals surface area contributed by atoms with Crippen molar-refractivity contribution in [3.05, 3.63) is 11.8 Å². The van der Waals surface area contributed by atoms with E-state index < -0.39 is 0 Å². The van der Waals surface area contributed by atoms with Crippen molar-refractivity contribution in [3.8, 4) is 5.88 Å². The van der Waals surface area contributed by atoms with Gasteiger partial charge in [0, 0.05) is 24.6 Å². The highest BCUT2D eigenvalue weighted by molar-refractivity contribution is 5.14. The van der Waals surface area contributed by atoms with Crippen molar-refractivity contribution in [2.75, 3.05) is 13.1 Å². The van der Waals surface area contributed by atoms with E-state index >= 15 is 0 Å². The number of aromatic nitrogens is 1. The molecular formula is C11H18N2O2. The van der Waals surface area contributed by atoms with Crippen LogP contribution in [0.15, 0.2) is 10.6 Å². The predicted octanol–water partition coefficient (Wildman–Crippen LogP) is 1.97. The van der Waals surface area contributed by atoms with E-state index in [1.807, 2.05) is 0 Å². The molecule has 2 rings (SSSR count). The van der Waals surface area contributed by atoms with Crippen LogP contribution in [0, 0.1) is 0 Å². The Balaban J connectivity index is 2.04. The Kier molecular flexibility index (Phi) is 2.95. The number of likely N-dealkylation sites (tertiary alicyclic amines) is 1. The number of hydrogen-bond donors (Lipinski definition) is 1. The number of piperidine rings is 1. The molecule has 1 saturated heterocycles. The summed E-state index contributed by atoms with van der Waals surface area (Å²) < 4.78 is 5.11. The molecule has 1 aliphatic rings. The Labute approximate surface area is 89.9 Å². The third-order valence-corrected chi connectivity index (χ3v) is 3.10. The van der Waals surface area contributed by atoms with Crippen molar-refractivity contribution >= 4 is 0 Å². The lowest BCUT2D eigenvalue weighted by Crippen LogP contribution is -2.38. The van der Waals surface area contributed by atoms with Crippen LogP contribution in [0.25, 0.3) is 0 Å².